The maximum atomic E-state index is 15.2. The number of hydrogen-bond donors (Lipinski definition) is 3. The van der Waals surface area contributed by atoms with Crippen LogP contribution in [0.1, 0.15) is 84.9 Å². The van der Waals surface area contributed by atoms with Gasteiger partial charge in [0, 0.05) is 18.4 Å². The van der Waals surface area contributed by atoms with Crippen LogP contribution in [0.4, 0.5) is 4.79 Å². The molecule has 4 amide bonds. The van der Waals surface area contributed by atoms with Crippen LogP contribution in [0.15, 0.2) is 91.0 Å². The van der Waals surface area contributed by atoms with Gasteiger partial charge >= 0.3 is 6.09 Å². The molecule has 0 heterocycles. The summed E-state index contributed by atoms with van der Waals surface area (Å²) in [6.07, 6.45) is -0.549. The molecule has 0 unspecified atom stereocenters. The van der Waals surface area contributed by atoms with Gasteiger partial charge in [-0.15, -0.1) is 0 Å². The third-order valence-corrected chi connectivity index (χ3v) is 14.7. The number of rotatable bonds is 17. The van der Waals surface area contributed by atoms with Crippen LogP contribution in [-0.2, 0) is 42.8 Å². The average molecular weight is 787 g/mol. The molecule has 0 saturated carbocycles. The van der Waals surface area contributed by atoms with E-state index in [0.717, 1.165) is 16.7 Å². The second-order valence-corrected chi connectivity index (χ2v) is 22.6. The fourth-order valence-corrected chi connectivity index (χ4v) is 7.59. The summed E-state index contributed by atoms with van der Waals surface area (Å²) in [5, 5.41) is 2.62. The fourth-order valence-electron chi connectivity index (χ4n) is 6.21. The van der Waals surface area contributed by atoms with E-state index in [9.17, 15) is 14.4 Å². The molecule has 0 aliphatic carbocycles. The Hall–Kier alpha value is -4.16. The molecule has 11 heteroatoms. The highest BCUT2D eigenvalue weighted by atomic mass is 28.4. The molecule has 56 heavy (non-hydrogen) atoms. The van der Waals surface area contributed by atoms with Crippen LogP contribution in [0, 0.1) is 11.8 Å². The average Bonchev–Trinajstić information content (AvgIpc) is 3.10. The zero-order valence-corrected chi connectivity index (χ0v) is 36.2. The number of nitrogens with one attached hydrogen (secondary N) is 1. The molecule has 5 N–H and O–H groups in total. The lowest BCUT2D eigenvalue weighted by Gasteiger charge is -2.42. The van der Waals surface area contributed by atoms with E-state index < -0.39 is 67.9 Å². The molecule has 0 saturated heterocycles. The molecular weight excluding hydrogens is 721 g/mol. The van der Waals surface area contributed by atoms with Gasteiger partial charge in [0.2, 0.25) is 11.8 Å². The molecule has 3 aromatic carbocycles. The summed E-state index contributed by atoms with van der Waals surface area (Å²) in [7, 11) is -2.47. The number of benzene rings is 3. The highest BCUT2D eigenvalue weighted by Gasteiger charge is 2.45. The van der Waals surface area contributed by atoms with Gasteiger partial charge in [0.1, 0.15) is 11.6 Å². The lowest BCUT2D eigenvalue weighted by molar-refractivity contribution is -0.149. The highest BCUT2D eigenvalue weighted by molar-refractivity contribution is 6.74. The lowest BCUT2D eigenvalue weighted by Crippen LogP contribution is -2.58. The maximum Gasteiger partial charge on any atom is 0.424 e. The second kappa shape index (κ2) is 20.3. The molecule has 3 aromatic rings. The molecule has 0 aliphatic heterocycles. The summed E-state index contributed by atoms with van der Waals surface area (Å²) in [6, 6.07) is 25.7. The molecule has 306 valence electrons. The lowest BCUT2D eigenvalue weighted by atomic mass is 9.88. The van der Waals surface area contributed by atoms with Crippen LogP contribution >= 0.6 is 0 Å². The monoisotopic (exact) mass is 786 g/mol. The summed E-state index contributed by atoms with van der Waals surface area (Å²) >= 11 is 0. The predicted octanol–water partition coefficient (Wildman–Crippen LogP) is 7.59. The van der Waals surface area contributed by atoms with Gasteiger partial charge in [-0.1, -0.05) is 126 Å². The van der Waals surface area contributed by atoms with Crippen molar-refractivity contribution in [2.45, 2.75) is 135 Å². The van der Waals surface area contributed by atoms with E-state index in [2.05, 4.69) is 39.2 Å². The van der Waals surface area contributed by atoms with Gasteiger partial charge in [-0.25, -0.2) is 4.79 Å². The fraction of sp³-hybridized carbons (Fsp3) is 0.511. The third-order valence-electron chi connectivity index (χ3n) is 10.2. The minimum absolute atomic E-state index is 0.00873. The zero-order chi connectivity index (χ0) is 41.8. The van der Waals surface area contributed by atoms with Gasteiger partial charge in [-0.05, 0) is 87.2 Å². The smallest absolute Gasteiger partial charge is 0.424 e. The number of hydrogen-bond acceptors (Lipinski definition) is 8. The van der Waals surface area contributed by atoms with Crippen molar-refractivity contribution in [3.8, 4) is 0 Å². The van der Waals surface area contributed by atoms with Crippen LogP contribution in [0.2, 0.25) is 18.1 Å². The van der Waals surface area contributed by atoms with Crippen molar-refractivity contribution in [1.82, 2.24) is 10.2 Å². The van der Waals surface area contributed by atoms with E-state index in [0.29, 0.717) is 17.7 Å². The molecule has 0 fully saturated rings. The zero-order valence-electron chi connectivity index (χ0n) is 35.2. The first-order valence-electron chi connectivity index (χ1n) is 19.8. The van der Waals surface area contributed by atoms with Crippen LogP contribution < -0.4 is 16.8 Å². The molecule has 0 bridgehead atoms. The number of nitrogens with two attached hydrogens (primary N) is 2. The quantitative estimate of drug-likeness (QED) is 0.118. The van der Waals surface area contributed by atoms with Crippen LogP contribution in [-0.4, -0.2) is 66.9 Å². The van der Waals surface area contributed by atoms with Crippen molar-refractivity contribution in [2.75, 3.05) is 0 Å². The van der Waals surface area contributed by atoms with E-state index >= 15 is 4.79 Å². The topological polar surface area (TPSA) is 154 Å². The summed E-state index contributed by atoms with van der Waals surface area (Å²) in [5.74, 6) is -3.05. The summed E-state index contributed by atoms with van der Waals surface area (Å²) < 4.78 is 12.8. The molecule has 5 atom stereocenters. The molecule has 10 nitrogen and oxygen atoms in total. The Morgan fingerprint density at radius 3 is 1.61 bits per heavy atom. The second-order valence-electron chi connectivity index (χ2n) is 17.9. The van der Waals surface area contributed by atoms with Gasteiger partial charge in [0.25, 0.3) is 5.91 Å². The van der Waals surface area contributed by atoms with Crippen molar-refractivity contribution < 1.29 is 28.3 Å². The first-order valence-corrected chi connectivity index (χ1v) is 22.7. The number of ether oxygens (including phenoxy) is 1. The highest BCUT2D eigenvalue weighted by Crippen LogP contribution is 2.39. The molecule has 0 radical (unpaired) electrons. The minimum atomic E-state index is -2.47. The SMILES string of the molecule is CC(C)C[C@H](N)C(=O)N[C@@H](Cc1ccccc1)C(=O)N(C(=O)OC(C)(C)C)C(=O)[C@H](Cc1ccccc1)C[C@H](O[Si](C)(C)C(C)(C)C)[C@@H](N)Cc1ccccc1. The Balaban J connectivity index is 2.17. The van der Waals surface area contributed by atoms with Crippen molar-refractivity contribution in [3.63, 3.8) is 0 Å². The summed E-state index contributed by atoms with van der Waals surface area (Å²) in [6.45, 7) is 19.6. The predicted molar refractivity (Wildman–Crippen MR) is 226 cm³/mol. The molecular formula is C45H66N4O6Si. The van der Waals surface area contributed by atoms with Crippen molar-refractivity contribution >= 4 is 32.1 Å². The van der Waals surface area contributed by atoms with Gasteiger partial charge in [-0.2, -0.15) is 4.90 Å². The Morgan fingerprint density at radius 1 is 0.696 bits per heavy atom. The number of carbonyl (C=O) groups excluding carboxylic acids is 4. The maximum absolute atomic E-state index is 15.2. The normalized spacial score (nSPS) is 14.9. The Bertz CT molecular complexity index is 1710. The van der Waals surface area contributed by atoms with Crippen molar-refractivity contribution in [2.24, 2.45) is 23.3 Å². The van der Waals surface area contributed by atoms with E-state index in [-0.39, 0.29) is 30.2 Å². The Morgan fingerprint density at radius 2 is 1.16 bits per heavy atom. The van der Waals surface area contributed by atoms with Crippen LogP contribution in [0.5, 0.6) is 0 Å². The largest absolute Gasteiger partial charge is 0.443 e. The van der Waals surface area contributed by atoms with E-state index in [1.807, 2.05) is 105 Å². The van der Waals surface area contributed by atoms with Crippen molar-refractivity contribution in [3.05, 3.63) is 108 Å². The van der Waals surface area contributed by atoms with Crippen molar-refractivity contribution in [1.29, 1.82) is 0 Å². The van der Waals surface area contributed by atoms with Gasteiger partial charge in [0.05, 0.1) is 12.1 Å². The van der Waals surface area contributed by atoms with E-state index in [1.54, 1.807) is 20.8 Å². The van der Waals surface area contributed by atoms with E-state index in [1.165, 1.54) is 0 Å². The molecule has 0 aromatic heterocycles. The number of nitrogens with zero attached hydrogens (tertiary/aromatic N) is 1. The summed E-state index contributed by atoms with van der Waals surface area (Å²) in [5.41, 5.74) is 14.8. The third kappa shape index (κ3) is 14.4. The molecule has 0 spiro atoms. The number of amides is 4. The minimum Gasteiger partial charge on any atom is -0.443 e. The first-order chi connectivity index (χ1) is 26.1. The summed E-state index contributed by atoms with van der Waals surface area (Å²) in [4.78, 5) is 58.4. The van der Waals surface area contributed by atoms with Crippen LogP contribution in [0.25, 0.3) is 0 Å². The Labute approximate surface area is 336 Å². The van der Waals surface area contributed by atoms with Gasteiger partial charge in [-0.3, -0.25) is 14.4 Å². The standard InChI is InChI=1S/C45H66N4O6Si/c1-31(2)26-37(47)40(50)48-38(29-34-24-18-13-19-25-34)42(52)49(43(53)54-44(3,4)5)41(51)35(27-32-20-14-11-15-21-32)30-39(55-56(9,10)45(6,7)8)36(46)28-33-22-16-12-17-23-33/h11-25,31,35-39H,26-30,46-47H2,1-10H3,(H,48,50)/t35-,36+,37+,38+,39+/m1/s1. The van der Waals surface area contributed by atoms with E-state index in [4.69, 9.17) is 20.6 Å². The first kappa shape index (κ1) is 46.2. The van der Waals surface area contributed by atoms with Gasteiger partial charge < -0.3 is 25.9 Å². The number of imide groups is 3. The van der Waals surface area contributed by atoms with Gasteiger partial charge in [0.15, 0.2) is 8.32 Å². The Kier molecular flexibility index (Phi) is 16.8. The molecule has 0 aliphatic rings. The molecule has 3 rings (SSSR count). The number of carbonyl (C=O) groups is 4. The van der Waals surface area contributed by atoms with Crippen LogP contribution in [0.3, 0.4) is 0 Å².